The second kappa shape index (κ2) is 8.50. The third-order valence-electron chi connectivity index (χ3n) is 4.54. The van der Waals surface area contributed by atoms with Gasteiger partial charge in [0.15, 0.2) is 0 Å². The van der Waals surface area contributed by atoms with Gasteiger partial charge in [-0.05, 0) is 30.7 Å². The first kappa shape index (κ1) is 19.8. The molecule has 1 aromatic heterocycles. The van der Waals surface area contributed by atoms with Crippen molar-refractivity contribution in [1.29, 1.82) is 0 Å². The summed E-state index contributed by atoms with van der Waals surface area (Å²) in [5.41, 5.74) is 1.28. The predicted molar refractivity (Wildman–Crippen MR) is 113 cm³/mol. The zero-order chi connectivity index (χ0) is 21.0. The number of benzene rings is 2. The van der Waals surface area contributed by atoms with Crippen LogP contribution < -0.4 is 14.8 Å². The van der Waals surface area contributed by atoms with Gasteiger partial charge in [0, 0.05) is 23.7 Å². The molecule has 0 saturated carbocycles. The summed E-state index contributed by atoms with van der Waals surface area (Å²) in [6.45, 7) is 0.683. The van der Waals surface area contributed by atoms with Crippen molar-refractivity contribution in [3.63, 3.8) is 0 Å². The van der Waals surface area contributed by atoms with E-state index in [2.05, 4.69) is 20.0 Å². The SMILES string of the molecule is O=C(CN=C1NS(=O)(=O)c2ccccc21)NCCCOc1cccc2cccnc12. The van der Waals surface area contributed by atoms with Crippen molar-refractivity contribution in [3.8, 4) is 5.75 Å². The van der Waals surface area contributed by atoms with Gasteiger partial charge in [0.1, 0.15) is 23.6 Å². The van der Waals surface area contributed by atoms with Crippen molar-refractivity contribution in [2.24, 2.45) is 4.99 Å². The van der Waals surface area contributed by atoms with Gasteiger partial charge >= 0.3 is 0 Å². The maximum Gasteiger partial charge on any atom is 0.263 e. The molecular weight excluding hydrogens is 404 g/mol. The molecule has 1 amide bonds. The van der Waals surface area contributed by atoms with Crippen molar-refractivity contribution in [2.45, 2.75) is 11.3 Å². The van der Waals surface area contributed by atoms with Crippen LogP contribution in [0.3, 0.4) is 0 Å². The Morgan fingerprint density at radius 3 is 2.83 bits per heavy atom. The Kier molecular flexibility index (Phi) is 5.62. The Balaban J connectivity index is 1.25. The van der Waals surface area contributed by atoms with E-state index in [0.29, 0.717) is 30.9 Å². The van der Waals surface area contributed by atoms with Crippen LogP contribution in [0.1, 0.15) is 12.0 Å². The van der Waals surface area contributed by atoms with E-state index >= 15 is 0 Å². The Labute approximate surface area is 174 Å². The number of para-hydroxylation sites is 1. The lowest BCUT2D eigenvalue weighted by molar-refractivity contribution is -0.119. The van der Waals surface area contributed by atoms with Crippen LogP contribution >= 0.6 is 0 Å². The molecule has 2 heterocycles. The fourth-order valence-corrected chi connectivity index (χ4v) is 4.38. The van der Waals surface area contributed by atoms with Gasteiger partial charge in [-0.2, -0.15) is 0 Å². The van der Waals surface area contributed by atoms with Crippen molar-refractivity contribution < 1.29 is 17.9 Å². The summed E-state index contributed by atoms with van der Waals surface area (Å²) in [6.07, 6.45) is 2.33. The van der Waals surface area contributed by atoms with Crippen LogP contribution in [0.2, 0.25) is 0 Å². The average Bonchev–Trinajstić information content (AvgIpc) is 3.02. The van der Waals surface area contributed by atoms with Gasteiger partial charge in [0.25, 0.3) is 10.0 Å². The molecule has 1 aliphatic heterocycles. The summed E-state index contributed by atoms with van der Waals surface area (Å²) in [5, 5.41) is 3.76. The number of ether oxygens (including phenoxy) is 1. The highest BCUT2D eigenvalue weighted by Gasteiger charge is 2.30. The van der Waals surface area contributed by atoms with E-state index in [1.807, 2.05) is 30.3 Å². The average molecular weight is 424 g/mol. The summed E-state index contributed by atoms with van der Waals surface area (Å²) < 4.78 is 32.2. The molecule has 0 atom stereocenters. The van der Waals surface area contributed by atoms with E-state index < -0.39 is 10.0 Å². The zero-order valence-corrected chi connectivity index (χ0v) is 16.9. The lowest BCUT2D eigenvalue weighted by Gasteiger charge is -2.09. The van der Waals surface area contributed by atoms with Crippen molar-refractivity contribution in [2.75, 3.05) is 19.7 Å². The first-order valence-corrected chi connectivity index (χ1v) is 10.9. The number of amidine groups is 1. The molecule has 8 nitrogen and oxygen atoms in total. The van der Waals surface area contributed by atoms with Crippen LogP contribution in [0.5, 0.6) is 5.75 Å². The van der Waals surface area contributed by atoms with Crippen LogP contribution in [0.25, 0.3) is 10.9 Å². The van der Waals surface area contributed by atoms with Crippen LogP contribution in [0.4, 0.5) is 0 Å². The monoisotopic (exact) mass is 424 g/mol. The second-order valence-electron chi connectivity index (χ2n) is 6.65. The Morgan fingerprint density at radius 1 is 1.10 bits per heavy atom. The third kappa shape index (κ3) is 4.25. The molecular formula is C21H20N4O4S. The van der Waals surface area contributed by atoms with Gasteiger partial charge in [0.2, 0.25) is 5.91 Å². The predicted octanol–water partition coefficient (Wildman–Crippen LogP) is 1.86. The number of sulfonamides is 1. The lowest BCUT2D eigenvalue weighted by Crippen LogP contribution is -2.29. The fraction of sp³-hybridized carbons (Fsp3) is 0.190. The van der Waals surface area contributed by atoms with Gasteiger partial charge in [-0.1, -0.05) is 30.3 Å². The number of pyridine rings is 1. The topological polar surface area (TPSA) is 110 Å². The molecule has 0 saturated heterocycles. The van der Waals surface area contributed by atoms with Crippen LogP contribution in [-0.4, -0.2) is 44.8 Å². The third-order valence-corrected chi connectivity index (χ3v) is 5.94. The number of carbonyl (C=O) groups excluding carboxylic acids is 1. The summed E-state index contributed by atoms with van der Waals surface area (Å²) in [6, 6.07) is 16.1. The summed E-state index contributed by atoms with van der Waals surface area (Å²) in [4.78, 5) is 20.7. The number of rotatable bonds is 7. The number of fused-ring (bicyclic) bond motifs is 2. The number of amides is 1. The van der Waals surface area contributed by atoms with E-state index in [9.17, 15) is 13.2 Å². The van der Waals surface area contributed by atoms with E-state index in [1.165, 1.54) is 6.07 Å². The summed E-state index contributed by atoms with van der Waals surface area (Å²) in [7, 11) is -3.60. The summed E-state index contributed by atoms with van der Waals surface area (Å²) >= 11 is 0. The first-order valence-electron chi connectivity index (χ1n) is 9.44. The number of hydrogen-bond acceptors (Lipinski definition) is 6. The Morgan fingerprint density at radius 2 is 1.93 bits per heavy atom. The smallest absolute Gasteiger partial charge is 0.263 e. The normalized spacial score (nSPS) is 15.5. The molecule has 0 aliphatic carbocycles. The number of nitrogens with one attached hydrogen (secondary N) is 2. The van der Waals surface area contributed by atoms with Crippen LogP contribution in [0.15, 0.2) is 70.7 Å². The van der Waals surface area contributed by atoms with Gasteiger partial charge < -0.3 is 10.1 Å². The molecule has 154 valence electrons. The molecule has 0 spiro atoms. The zero-order valence-electron chi connectivity index (χ0n) is 16.0. The number of aliphatic imine (C=N–C) groups is 1. The van der Waals surface area contributed by atoms with Gasteiger partial charge in [-0.3, -0.25) is 19.5 Å². The highest BCUT2D eigenvalue weighted by molar-refractivity contribution is 7.90. The van der Waals surface area contributed by atoms with E-state index in [0.717, 1.165) is 10.9 Å². The molecule has 0 fully saturated rings. The maximum absolute atomic E-state index is 12.0. The van der Waals surface area contributed by atoms with Crippen molar-refractivity contribution in [3.05, 3.63) is 66.4 Å². The minimum atomic E-state index is -3.60. The molecule has 2 aromatic carbocycles. The minimum absolute atomic E-state index is 0.166. The molecule has 0 radical (unpaired) electrons. The molecule has 9 heteroatoms. The van der Waals surface area contributed by atoms with E-state index in [1.54, 1.807) is 24.4 Å². The summed E-state index contributed by atoms with van der Waals surface area (Å²) in [5.74, 6) is 0.600. The number of carbonyl (C=O) groups is 1. The molecule has 0 bridgehead atoms. The minimum Gasteiger partial charge on any atom is -0.491 e. The van der Waals surface area contributed by atoms with Gasteiger partial charge in [-0.25, -0.2) is 8.42 Å². The number of hydrogen-bond donors (Lipinski definition) is 2. The molecule has 3 aromatic rings. The van der Waals surface area contributed by atoms with E-state index in [4.69, 9.17) is 4.74 Å². The van der Waals surface area contributed by atoms with Crippen LogP contribution in [-0.2, 0) is 14.8 Å². The lowest BCUT2D eigenvalue weighted by atomic mass is 10.2. The Bertz CT molecular complexity index is 1220. The van der Waals surface area contributed by atoms with Crippen molar-refractivity contribution >= 4 is 32.7 Å². The molecule has 30 heavy (non-hydrogen) atoms. The molecule has 1 aliphatic rings. The largest absolute Gasteiger partial charge is 0.491 e. The molecule has 0 unspecified atom stereocenters. The maximum atomic E-state index is 12.0. The standard InChI is InChI=1S/C21H20N4O4S/c26-19(14-24-21-16-8-1-2-10-18(16)30(27,28)25-21)22-12-5-13-29-17-9-3-6-15-7-4-11-23-20(15)17/h1-4,6-11H,5,12-14H2,(H,22,26)(H,24,25). The van der Waals surface area contributed by atoms with Crippen LogP contribution in [0, 0.1) is 0 Å². The van der Waals surface area contributed by atoms with Gasteiger partial charge in [-0.15, -0.1) is 0 Å². The number of aromatic nitrogens is 1. The highest BCUT2D eigenvalue weighted by atomic mass is 32.2. The highest BCUT2D eigenvalue weighted by Crippen LogP contribution is 2.23. The Hall–Kier alpha value is -3.46. The first-order chi connectivity index (χ1) is 14.5. The molecule has 2 N–H and O–H groups in total. The second-order valence-corrected chi connectivity index (χ2v) is 8.30. The quantitative estimate of drug-likeness (QED) is 0.563. The fourth-order valence-electron chi connectivity index (χ4n) is 3.13. The number of nitrogens with zero attached hydrogens (tertiary/aromatic N) is 2. The van der Waals surface area contributed by atoms with Gasteiger partial charge in [0.05, 0.1) is 11.5 Å². The van der Waals surface area contributed by atoms with E-state index in [-0.39, 0.29) is 23.2 Å². The molecule has 4 rings (SSSR count). The van der Waals surface area contributed by atoms with Crippen molar-refractivity contribution in [1.82, 2.24) is 15.0 Å².